The number of carbonyl (C=O) groups excluding carboxylic acids is 2. The highest BCUT2D eigenvalue weighted by molar-refractivity contribution is 6.23. The predicted octanol–water partition coefficient (Wildman–Crippen LogP) is 0.780. The molecular weight excluding hydrogens is 192 g/mol. The van der Waals surface area contributed by atoms with Gasteiger partial charge in [-0.3, -0.25) is 9.59 Å². The van der Waals surface area contributed by atoms with Crippen LogP contribution in [0, 0.1) is 11.6 Å². The van der Waals surface area contributed by atoms with Crippen LogP contribution in [0.4, 0.5) is 8.78 Å². The van der Waals surface area contributed by atoms with Gasteiger partial charge in [0.1, 0.15) is 11.6 Å². The Morgan fingerprint density at radius 1 is 1.29 bits per heavy atom. The van der Waals surface area contributed by atoms with E-state index in [1.54, 1.807) is 0 Å². The summed E-state index contributed by atoms with van der Waals surface area (Å²) in [6.45, 7) is -0.0771. The zero-order chi connectivity index (χ0) is 10.6. The Morgan fingerprint density at radius 2 is 1.86 bits per heavy atom. The van der Waals surface area contributed by atoms with Crippen LogP contribution in [-0.2, 0) is 16.1 Å². The zero-order valence-corrected chi connectivity index (χ0v) is 7.09. The van der Waals surface area contributed by atoms with Crippen LogP contribution in [-0.4, -0.2) is 12.2 Å². The summed E-state index contributed by atoms with van der Waals surface area (Å²) in [4.78, 5) is 20.4. The van der Waals surface area contributed by atoms with Crippen molar-refractivity contribution >= 4 is 12.2 Å². The molecule has 0 spiro atoms. The van der Waals surface area contributed by atoms with Gasteiger partial charge < -0.3 is 5.32 Å². The Balaban J connectivity index is 2.67. The van der Waals surface area contributed by atoms with Crippen LogP contribution in [0.25, 0.3) is 0 Å². The van der Waals surface area contributed by atoms with Gasteiger partial charge in [-0.2, -0.15) is 0 Å². The van der Waals surface area contributed by atoms with Crippen LogP contribution in [0.3, 0.4) is 0 Å². The molecule has 1 amide bonds. The second-order valence-electron chi connectivity index (χ2n) is 2.61. The average molecular weight is 199 g/mol. The van der Waals surface area contributed by atoms with E-state index in [-0.39, 0.29) is 18.4 Å². The molecule has 1 N–H and O–H groups in total. The van der Waals surface area contributed by atoms with Gasteiger partial charge in [0.2, 0.25) is 6.29 Å². The van der Waals surface area contributed by atoms with Gasteiger partial charge in [-0.25, -0.2) is 8.78 Å². The molecule has 0 fully saturated rings. The number of hydrogen-bond donors (Lipinski definition) is 1. The summed E-state index contributed by atoms with van der Waals surface area (Å²) in [5.74, 6) is -2.27. The minimum absolute atomic E-state index is 0.0771. The average Bonchev–Trinajstić information content (AvgIpc) is 2.12. The predicted molar refractivity (Wildman–Crippen MR) is 44.3 cm³/mol. The molecule has 0 radical (unpaired) electrons. The van der Waals surface area contributed by atoms with Gasteiger partial charge in [-0.1, -0.05) is 0 Å². The van der Waals surface area contributed by atoms with Gasteiger partial charge in [0.15, 0.2) is 0 Å². The van der Waals surface area contributed by atoms with Crippen LogP contribution in [0.5, 0.6) is 0 Å². The molecule has 1 aromatic carbocycles. The molecule has 0 saturated carbocycles. The smallest absolute Gasteiger partial charge is 0.284 e. The molecule has 74 valence electrons. The fraction of sp³-hybridized carbons (Fsp3) is 0.111. The fourth-order valence-corrected chi connectivity index (χ4v) is 0.944. The van der Waals surface area contributed by atoms with Gasteiger partial charge in [0, 0.05) is 12.6 Å². The highest BCUT2D eigenvalue weighted by Crippen LogP contribution is 2.07. The van der Waals surface area contributed by atoms with E-state index in [1.807, 2.05) is 0 Å². The number of rotatable bonds is 3. The Morgan fingerprint density at radius 3 is 2.36 bits per heavy atom. The molecule has 1 aromatic rings. The van der Waals surface area contributed by atoms with Crippen molar-refractivity contribution in [2.45, 2.75) is 6.54 Å². The number of nitrogens with one attached hydrogen (secondary N) is 1. The summed E-state index contributed by atoms with van der Waals surface area (Å²) in [5.41, 5.74) is 0.262. The van der Waals surface area contributed by atoms with Crippen LogP contribution in [0.2, 0.25) is 0 Å². The lowest BCUT2D eigenvalue weighted by atomic mass is 10.2. The highest BCUT2D eigenvalue weighted by atomic mass is 19.1. The van der Waals surface area contributed by atoms with Gasteiger partial charge in [0.05, 0.1) is 0 Å². The highest BCUT2D eigenvalue weighted by Gasteiger charge is 2.02. The number of carbonyl (C=O) groups is 2. The summed E-state index contributed by atoms with van der Waals surface area (Å²) in [5, 5.41) is 2.16. The first kappa shape index (κ1) is 10.3. The monoisotopic (exact) mass is 199 g/mol. The Kier molecular flexibility index (Phi) is 3.28. The van der Waals surface area contributed by atoms with Gasteiger partial charge >= 0.3 is 0 Å². The molecule has 0 atom stereocenters. The molecule has 0 aliphatic carbocycles. The van der Waals surface area contributed by atoms with Crippen molar-refractivity contribution in [1.29, 1.82) is 0 Å². The third-order valence-electron chi connectivity index (χ3n) is 1.50. The number of halogens is 2. The number of amides is 1. The molecule has 0 aromatic heterocycles. The largest absolute Gasteiger partial charge is 0.346 e. The SMILES string of the molecule is O=CC(=O)NCc1cc(F)cc(F)c1. The minimum Gasteiger partial charge on any atom is -0.346 e. The second-order valence-corrected chi connectivity index (χ2v) is 2.61. The molecule has 1 rings (SSSR count). The summed E-state index contributed by atoms with van der Waals surface area (Å²) >= 11 is 0. The first-order chi connectivity index (χ1) is 6.61. The maximum atomic E-state index is 12.6. The maximum Gasteiger partial charge on any atom is 0.284 e. The fourth-order valence-electron chi connectivity index (χ4n) is 0.944. The molecule has 5 heteroatoms. The van der Waals surface area contributed by atoms with Crippen LogP contribution < -0.4 is 5.32 Å². The van der Waals surface area contributed by atoms with Crippen molar-refractivity contribution in [2.24, 2.45) is 0 Å². The third-order valence-corrected chi connectivity index (χ3v) is 1.50. The van der Waals surface area contributed by atoms with E-state index in [2.05, 4.69) is 5.32 Å². The van der Waals surface area contributed by atoms with Gasteiger partial charge in [-0.05, 0) is 17.7 Å². The first-order valence-electron chi connectivity index (χ1n) is 3.80. The van der Waals surface area contributed by atoms with Crippen molar-refractivity contribution in [3.63, 3.8) is 0 Å². The van der Waals surface area contributed by atoms with Crippen LogP contribution in [0.1, 0.15) is 5.56 Å². The quantitative estimate of drug-likeness (QED) is 0.577. The van der Waals surface area contributed by atoms with E-state index in [0.29, 0.717) is 0 Å². The molecule has 0 aliphatic rings. The molecule has 14 heavy (non-hydrogen) atoms. The van der Waals surface area contributed by atoms with E-state index in [9.17, 15) is 18.4 Å². The van der Waals surface area contributed by atoms with Crippen molar-refractivity contribution in [3.8, 4) is 0 Å². The molecule has 0 saturated heterocycles. The molecule has 0 bridgehead atoms. The second kappa shape index (κ2) is 4.45. The summed E-state index contributed by atoms with van der Waals surface area (Å²) in [6.07, 6.45) is 0.0929. The first-order valence-corrected chi connectivity index (χ1v) is 3.80. The molecule has 0 unspecified atom stereocenters. The van der Waals surface area contributed by atoms with Crippen molar-refractivity contribution in [3.05, 3.63) is 35.4 Å². The third kappa shape index (κ3) is 2.93. The maximum absolute atomic E-state index is 12.6. The molecular formula is C9H7F2NO2. The Hall–Kier alpha value is -1.78. The van der Waals surface area contributed by atoms with Crippen molar-refractivity contribution in [1.82, 2.24) is 5.32 Å². The normalized spacial score (nSPS) is 9.57. The van der Waals surface area contributed by atoms with Crippen LogP contribution in [0.15, 0.2) is 18.2 Å². The summed E-state index contributed by atoms with van der Waals surface area (Å²) in [6, 6.07) is 2.88. The Bertz CT molecular complexity index is 346. The van der Waals surface area contributed by atoms with E-state index in [1.165, 1.54) is 0 Å². The number of aldehydes is 1. The summed E-state index contributed by atoms with van der Waals surface area (Å²) < 4.78 is 25.2. The lowest BCUT2D eigenvalue weighted by Crippen LogP contribution is -2.23. The summed E-state index contributed by atoms with van der Waals surface area (Å²) in [7, 11) is 0. The molecule has 0 heterocycles. The molecule has 0 aliphatic heterocycles. The standard InChI is InChI=1S/C9H7F2NO2/c10-7-1-6(2-8(11)3-7)4-12-9(14)5-13/h1-3,5H,4H2,(H,12,14). The lowest BCUT2D eigenvalue weighted by molar-refractivity contribution is -0.131. The zero-order valence-electron chi connectivity index (χ0n) is 7.09. The Labute approximate surface area is 78.7 Å². The van der Waals surface area contributed by atoms with Gasteiger partial charge in [0.25, 0.3) is 5.91 Å². The minimum atomic E-state index is -0.824. The number of benzene rings is 1. The van der Waals surface area contributed by atoms with Crippen molar-refractivity contribution < 1.29 is 18.4 Å². The lowest BCUT2D eigenvalue weighted by Gasteiger charge is -2.01. The van der Waals surface area contributed by atoms with E-state index >= 15 is 0 Å². The van der Waals surface area contributed by atoms with E-state index in [4.69, 9.17) is 0 Å². The van der Waals surface area contributed by atoms with Crippen molar-refractivity contribution in [2.75, 3.05) is 0 Å². The molecule has 3 nitrogen and oxygen atoms in total. The van der Waals surface area contributed by atoms with E-state index in [0.717, 1.165) is 18.2 Å². The number of hydrogen-bond acceptors (Lipinski definition) is 2. The van der Waals surface area contributed by atoms with Gasteiger partial charge in [-0.15, -0.1) is 0 Å². The topological polar surface area (TPSA) is 46.2 Å². The van der Waals surface area contributed by atoms with Crippen LogP contribution >= 0.6 is 0 Å². The van der Waals surface area contributed by atoms with E-state index < -0.39 is 17.5 Å².